The third kappa shape index (κ3) is 4.39. The summed E-state index contributed by atoms with van der Waals surface area (Å²) in [5.41, 5.74) is 6.91. The summed E-state index contributed by atoms with van der Waals surface area (Å²) in [6.07, 6.45) is 2.43. The molecule has 0 spiro atoms. The average Bonchev–Trinajstić information content (AvgIpc) is 3.21. The molecule has 5 rings (SSSR count). The Morgan fingerprint density at radius 2 is 1.71 bits per heavy atom. The Morgan fingerprint density at radius 1 is 0.882 bits per heavy atom. The van der Waals surface area contributed by atoms with Gasteiger partial charge in [-0.05, 0) is 49.6 Å². The average molecular weight is 468 g/mol. The SMILES string of the molecule is Cc1ccc(-n2c(Cc3ccccc3)nnc2SCc2cc(=O)n3cccc(C)c3n2)c(C)c1. The minimum atomic E-state index is -0.0788. The molecule has 0 aliphatic heterocycles. The molecule has 2 aromatic carbocycles. The number of pyridine rings is 1. The lowest BCUT2D eigenvalue weighted by atomic mass is 10.1. The molecule has 0 saturated heterocycles. The molecular weight excluding hydrogens is 442 g/mol. The summed E-state index contributed by atoms with van der Waals surface area (Å²) in [7, 11) is 0. The van der Waals surface area contributed by atoms with Crippen LogP contribution >= 0.6 is 11.8 Å². The highest BCUT2D eigenvalue weighted by atomic mass is 32.2. The van der Waals surface area contributed by atoms with E-state index in [2.05, 4.69) is 58.9 Å². The zero-order chi connectivity index (χ0) is 23.7. The molecule has 5 aromatic rings. The molecule has 0 atom stereocenters. The largest absolute Gasteiger partial charge is 0.273 e. The smallest absolute Gasteiger partial charge is 0.258 e. The van der Waals surface area contributed by atoms with Gasteiger partial charge in [0.05, 0.1) is 11.4 Å². The topological polar surface area (TPSA) is 65.1 Å². The van der Waals surface area contributed by atoms with Crippen LogP contribution in [-0.4, -0.2) is 24.1 Å². The fraction of sp³-hybridized carbons (Fsp3) is 0.185. The normalized spacial score (nSPS) is 11.3. The van der Waals surface area contributed by atoms with E-state index >= 15 is 0 Å². The zero-order valence-electron chi connectivity index (χ0n) is 19.4. The fourth-order valence-electron chi connectivity index (χ4n) is 4.11. The number of nitrogens with zero attached hydrogens (tertiary/aromatic N) is 5. The van der Waals surface area contributed by atoms with E-state index in [1.165, 1.54) is 11.1 Å². The maximum absolute atomic E-state index is 12.6. The maximum atomic E-state index is 12.6. The van der Waals surface area contributed by atoms with E-state index in [0.29, 0.717) is 17.8 Å². The standard InChI is InChI=1S/C27H25N5OS/c1-18-11-12-23(20(3)14-18)32-24(15-21-9-5-4-6-10-21)29-30-27(32)34-17-22-16-25(33)31-13-7-8-19(2)26(31)28-22/h4-14,16H,15,17H2,1-3H3. The van der Waals surface area contributed by atoms with Crippen LogP contribution in [0.15, 0.2) is 82.9 Å². The van der Waals surface area contributed by atoms with Gasteiger partial charge in [-0.25, -0.2) is 4.98 Å². The van der Waals surface area contributed by atoms with Gasteiger partial charge in [0.1, 0.15) is 11.5 Å². The number of hydrogen-bond acceptors (Lipinski definition) is 5. The van der Waals surface area contributed by atoms with E-state index in [9.17, 15) is 4.79 Å². The maximum Gasteiger partial charge on any atom is 0.258 e. The second kappa shape index (κ2) is 9.27. The van der Waals surface area contributed by atoms with Gasteiger partial charge in [0, 0.05) is 24.4 Å². The lowest BCUT2D eigenvalue weighted by Gasteiger charge is -2.14. The monoisotopic (exact) mass is 467 g/mol. The minimum Gasteiger partial charge on any atom is -0.273 e. The summed E-state index contributed by atoms with van der Waals surface area (Å²) >= 11 is 1.54. The van der Waals surface area contributed by atoms with Crippen molar-refractivity contribution in [3.05, 3.63) is 117 Å². The summed E-state index contributed by atoms with van der Waals surface area (Å²) < 4.78 is 3.71. The second-order valence-corrected chi connectivity index (χ2v) is 9.39. The third-order valence-electron chi connectivity index (χ3n) is 5.79. The number of hydrogen-bond donors (Lipinski definition) is 0. The molecule has 170 valence electrons. The highest BCUT2D eigenvalue weighted by Crippen LogP contribution is 2.28. The van der Waals surface area contributed by atoms with Crippen molar-refractivity contribution in [2.45, 2.75) is 38.1 Å². The highest BCUT2D eigenvalue weighted by molar-refractivity contribution is 7.98. The lowest BCUT2D eigenvalue weighted by Crippen LogP contribution is -2.15. The van der Waals surface area contributed by atoms with Gasteiger partial charge in [-0.3, -0.25) is 13.8 Å². The molecule has 0 radical (unpaired) electrons. The third-order valence-corrected chi connectivity index (χ3v) is 6.75. The number of fused-ring (bicyclic) bond motifs is 1. The van der Waals surface area contributed by atoms with Gasteiger partial charge in [0.2, 0.25) is 0 Å². The van der Waals surface area contributed by atoms with Crippen LogP contribution < -0.4 is 5.56 Å². The Bertz CT molecular complexity index is 1540. The van der Waals surface area contributed by atoms with Crippen molar-refractivity contribution in [2.75, 3.05) is 0 Å². The first-order valence-electron chi connectivity index (χ1n) is 11.2. The zero-order valence-corrected chi connectivity index (χ0v) is 20.2. The van der Waals surface area contributed by atoms with Crippen molar-refractivity contribution < 1.29 is 0 Å². The molecule has 6 nitrogen and oxygen atoms in total. The Labute approximate surface area is 202 Å². The molecule has 34 heavy (non-hydrogen) atoms. The van der Waals surface area contributed by atoms with Crippen LogP contribution in [0.5, 0.6) is 0 Å². The Balaban J connectivity index is 1.52. The molecule has 7 heteroatoms. The molecule has 0 N–H and O–H groups in total. The van der Waals surface area contributed by atoms with Crippen LogP contribution in [0.1, 0.15) is 33.8 Å². The predicted molar refractivity (Wildman–Crippen MR) is 136 cm³/mol. The van der Waals surface area contributed by atoms with Crippen molar-refractivity contribution in [1.82, 2.24) is 24.1 Å². The van der Waals surface area contributed by atoms with Crippen molar-refractivity contribution in [3.63, 3.8) is 0 Å². The van der Waals surface area contributed by atoms with E-state index in [4.69, 9.17) is 4.98 Å². The summed E-state index contributed by atoms with van der Waals surface area (Å²) in [5.74, 6) is 1.40. The molecule has 3 heterocycles. The first kappa shape index (κ1) is 22.1. The Hall–Kier alpha value is -3.71. The summed E-state index contributed by atoms with van der Waals surface area (Å²) in [6.45, 7) is 6.17. The van der Waals surface area contributed by atoms with E-state index in [0.717, 1.165) is 33.5 Å². The van der Waals surface area contributed by atoms with Crippen molar-refractivity contribution >= 4 is 17.4 Å². The Kier molecular flexibility index (Phi) is 6.02. The number of thioether (sulfide) groups is 1. The van der Waals surface area contributed by atoms with Crippen LogP contribution in [0.25, 0.3) is 11.3 Å². The lowest BCUT2D eigenvalue weighted by molar-refractivity contribution is 0.840. The van der Waals surface area contributed by atoms with Gasteiger partial charge in [0.25, 0.3) is 5.56 Å². The molecular formula is C27H25N5OS. The predicted octanol–water partition coefficient (Wildman–Crippen LogP) is 5.08. The van der Waals surface area contributed by atoms with Crippen LogP contribution in [-0.2, 0) is 12.2 Å². The van der Waals surface area contributed by atoms with Crippen molar-refractivity contribution in [2.24, 2.45) is 0 Å². The summed E-state index contributed by atoms with van der Waals surface area (Å²) in [5, 5.41) is 9.87. The van der Waals surface area contributed by atoms with Gasteiger partial charge >= 0.3 is 0 Å². The fourth-order valence-corrected chi connectivity index (χ4v) is 4.96. The van der Waals surface area contributed by atoms with Gasteiger partial charge in [-0.15, -0.1) is 10.2 Å². The van der Waals surface area contributed by atoms with Gasteiger partial charge in [-0.1, -0.05) is 65.9 Å². The van der Waals surface area contributed by atoms with Crippen molar-refractivity contribution in [1.29, 1.82) is 0 Å². The van der Waals surface area contributed by atoms with Crippen LogP contribution in [0.2, 0.25) is 0 Å². The molecule has 0 aliphatic carbocycles. The molecule has 0 amide bonds. The minimum absolute atomic E-state index is 0.0788. The molecule has 0 unspecified atom stereocenters. The first-order chi connectivity index (χ1) is 16.5. The van der Waals surface area contributed by atoms with Gasteiger partial charge < -0.3 is 0 Å². The van der Waals surface area contributed by atoms with E-state index in [1.807, 2.05) is 37.3 Å². The van der Waals surface area contributed by atoms with Gasteiger partial charge in [-0.2, -0.15) is 0 Å². The summed E-state index contributed by atoms with van der Waals surface area (Å²) in [6, 6.07) is 22.1. The number of rotatable bonds is 6. The second-order valence-electron chi connectivity index (χ2n) is 8.45. The number of aromatic nitrogens is 5. The molecule has 0 bridgehead atoms. The van der Waals surface area contributed by atoms with Crippen LogP contribution in [0, 0.1) is 20.8 Å². The molecule has 3 aromatic heterocycles. The highest BCUT2D eigenvalue weighted by Gasteiger charge is 2.17. The van der Waals surface area contributed by atoms with Crippen LogP contribution in [0.4, 0.5) is 0 Å². The van der Waals surface area contributed by atoms with Gasteiger partial charge in [0.15, 0.2) is 5.16 Å². The van der Waals surface area contributed by atoms with Crippen molar-refractivity contribution in [3.8, 4) is 5.69 Å². The first-order valence-corrected chi connectivity index (χ1v) is 12.1. The molecule has 0 fully saturated rings. The molecule has 0 saturated carbocycles. The molecule has 0 aliphatic rings. The van der Waals surface area contributed by atoms with E-state index in [-0.39, 0.29) is 5.56 Å². The van der Waals surface area contributed by atoms with Crippen LogP contribution in [0.3, 0.4) is 0 Å². The van der Waals surface area contributed by atoms with E-state index < -0.39 is 0 Å². The van der Waals surface area contributed by atoms with E-state index in [1.54, 1.807) is 28.4 Å². The number of benzene rings is 2. The number of aryl methyl sites for hydroxylation is 3. The quantitative estimate of drug-likeness (QED) is 0.326. The summed E-state index contributed by atoms with van der Waals surface area (Å²) in [4.78, 5) is 17.4. The Morgan fingerprint density at radius 3 is 2.50 bits per heavy atom.